The molecule has 0 aliphatic rings. The molecule has 4 aromatic rings. The Balaban J connectivity index is 1.47. The van der Waals surface area contributed by atoms with Gasteiger partial charge in [0, 0.05) is 42.5 Å². The van der Waals surface area contributed by atoms with Gasteiger partial charge in [-0.1, -0.05) is 60.3 Å². The molecule has 2 aromatic heterocycles. The van der Waals surface area contributed by atoms with Crippen LogP contribution in [0.3, 0.4) is 0 Å². The maximum absolute atomic E-state index is 13.4. The van der Waals surface area contributed by atoms with Gasteiger partial charge in [-0.25, -0.2) is 9.78 Å². The van der Waals surface area contributed by atoms with Crippen LogP contribution in [0.4, 0.5) is 4.79 Å². The SMILES string of the molecule is CC(Cc1c[nH]c2ccccc12)(NC(=O)O)C(=O)NCC(NC(=O)CSc1ncc[nH]1)c1ccccc1. The number of aromatic nitrogens is 3. The zero-order valence-corrected chi connectivity index (χ0v) is 21.0. The largest absolute Gasteiger partial charge is 0.465 e. The molecule has 192 valence electrons. The first kappa shape index (κ1) is 25.8. The molecule has 4 rings (SSSR count). The van der Waals surface area contributed by atoms with E-state index in [0.29, 0.717) is 5.16 Å². The molecule has 0 aliphatic heterocycles. The molecule has 10 nitrogen and oxygen atoms in total. The summed E-state index contributed by atoms with van der Waals surface area (Å²) in [6.07, 6.45) is 3.91. The van der Waals surface area contributed by atoms with Crippen molar-refractivity contribution in [3.63, 3.8) is 0 Å². The summed E-state index contributed by atoms with van der Waals surface area (Å²) in [7, 11) is 0. The van der Waals surface area contributed by atoms with Crippen molar-refractivity contribution in [3.05, 3.63) is 84.3 Å². The number of para-hydroxylation sites is 1. The van der Waals surface area contributed by atoms with E-state index in [0.717, 1.165) is 22.0 Å². The molecule has 2 atom stereocenters. The second-order valence-electron chi connectivity index (χ2n) is 8.72. The van der Waals surface area contributed by atoms with Crippen LogP contribution in [-0.2, 0) is 16.0 Å². The number of hydrogen-bond acceptors (Lipinski definition) is 5. The molecule has 37 heavy (non-hydrogen) atoms. The van der Waals surface area contributed by atoms with Crippen LogP contribution in [0.25, 0.3) is 10.9 Å². The summed E-state index contributed by atoms with van der Waals surface area (Å²) >= 11 is 1.27. The highest BCUT2D eigenvalue weighted by Gasteiger charge is 2.36. The number of carboxylic acid groups (broad SMARTS) is 1. The minimum Gasteiger partial charge on any atom is -0.465 e. The predicted octanol–water partition coefficient (Wildman–Crippen LogP) is 3.23. The molecule has 2 heterocycles. The first-order chi connectivity index (χ1) is 17.8. The van der Waals surface area contributed by atoms with Crippen molar-refractivity contribution in [3.8, 4) is 0 Å². The molecular formula is C26H28N6O4S. The smallest absolute Gasteiger partial charge is 0.405 e. The van der Waals surface area contributed by atoms with Gasteiger partial charge in [0.15, 0.2) is 5.16 Å². The van der Waals surface area contributed by atoms with Crippen LogP contribution in [0.5, 0.6) is 0 Å². The van der Waals surface area contributed by atoms with Crippen LogP contribution in [0, 0.1) is 0 Å². The number of nitrogens with zero attached hydrogens (tertiary/aromatic N) is 1. The van der Waals surface area contributed by atoms with Gasteiger partial charge in [-0.15, -0.1) is 0 Å². The number of carbonyl (C=O) groups excluding carboxylic acids is 2. The van der Waals surface area contributed by atoms with E-state index in [1.807, 2.05) is 54.6 Å². The third-order valence-corrected chi connectivity index (χ3v) is 6.82. The predicted molar refractivity (Wildman–Crippen MR) is 141 cm³/mol. The van der Waals surface area contributed by atoms with Gasteiger partial charge in [0.1, 0.15) is 5.54 Å². The number of imidazole rings is 1. The van der Waals surface area contributed by atoms with Gasteiger partial charge in [0.2, 0.25) is 11.8 Å². The first-order valence-electron chi connectivity index (χ1n) is 11.6. The van der Waals surface area contributed by atoms with E-state index in [1.165, 1.54) is 11.8 Å². The Morgan fingerprint density at radius 2 is 1.84 bits per heavy atom. The molecule has 0 fully saturated rings. The fourth-order valence-electron chi connectivity index (χ4n) is 4.10. The number of nitrogens with one attached hydrogen (secondary N) is 5. The molecule has 0 aliphatic carbocycles. The van der Waals surface area contributed by atoms with Crippen LogP contribution in [0.1, 0.15) is 24.1 Å². The minimum absolute atomic E-state index is 0.0742. The van der Waals surface area contributed by atoms with Crippen LogP contribution in [0.2, 0.25) is 0 Å². The van der Waals surface area contributed by atoms with Crippen molar-refractivity contribution in [2.75, 3.05) is 12.3 Å². The maximum atomic E-state index is 13.4. The average molecular weight is 521 g/mol. The van der Waals surface area contributed by atoms with Crippen molar-refractivity contribution in [1.82, 2.24) is 30.9 Å². The van der Waals surface area contributed by atoms with Gasteiger partial charge < -0.3 is 31.0 Å². The zero-order chi connectivity index (χ0) is 26.3. The molecule has 0 spiro atoms. The molecule has 2 unspecified atom stereocenters. The average Bonchev–Trinajstić information content (AvgIpc) is 3.55. The lowest BCUT2D eigenvalue weighted by molar-refractivity contribution is -0.127. The fourth-order valence-corrected chi connectivity index (χ4v) is 4.74. The van der Waals surface area contributed by atoms with Crippen molar-refractivity contribution >= 4 is 40.6 Å². The summed E-state index contributed by atoms with van der Waals surface area (Å²) in [5.41, 5.74) is 1.07. The number of thioether (sulfide) groups is 1. The molecule has 3 amide bonds. The molecule has 0 bridgehead atoms. The number of fused-ring (bicyclic) bond motifs is 1. The highest BCUT2D eigenvalue weighted by Crippen LogP contribution is 2.23. The summed E-state index contributed by atoms with van der Waals surface area (Å²) in [6.45, 7) is 1.62. The number of hydrogen-bond donors (Lipinski definition) is 6. The van der Waals surface area contributed by atoms with Crippen molar-refractivity contribution in [1.29, 1.82) is 0 Å². The topological polar surface area (TPSA) is 152 Å². The summed E-state index contributed by atoms with van der Waals surface area (Å²) in [5, 5.41) is 19.2. The molecule has 0 saturated heterocycles. The lowest BCUT2D eigenvalue weighted by atomic mass is 9.91. The Bertz CT molecular complexity index is 1360. The highest BCUT2D eigenvalue weighted by molar-refractivity contribution is 7.99. The Morgan fingerprint density at radius 3 is 2.57 bits per heavy atom. The lowest BCUT2D eigenvalue weighted by Crippen LogP contribution is -2.58. The van der Waals surface area contributed by atoms with Crippen molar-refractivity contribution in [2.45, 2.75) is 30.1 Å². The van der Waals surface area contributed by atoms with Crippen molar-refractivity contribution in [2.24, 2.45) is 0 Å². The van der Waals surface area contributed by atoms with E-state index in [1.54, 1.807) is 25.5 Å². The first-order valence-corrected chi connectivity index (χ1v) is 12.6. The van der Waals surface area contributed by atoms with E-state index in [4.69, 9.17) is 0 Å². The van der Waals surface area contributed by atoms with E-state index >= 15 is 0 Å². The zero-order valence-electron chi connectivity index (χ0n) is 20.2. The van der Waals surface area contributed by atoms with Crippen LogP contribution >= 0.6 is 11.8 Å². The number of aromatic amines is 2. The van der Waals surface area contributed by atoms with Crippen LogP contribution in [0.15, 0.2) is 78.3 Å². The van der Waals surface area contributed by atoms with Gasteiger partial charge in [0.25, 0.3) is 0 Å². The van der Waals surface area contributed by atoms with E-state index in [9.17, 15) is 19.5 Å². The third-order valence-electron chi connectivity index (χ3n) is 5.92. The standard InChI is InChI=1S/C26H28N6O4S/c1-26(32-25(35)36,13-18-14-29-20-10-6-5-9-19(18)20)23(34)30-15-21(17-7-3-2-4-8-17)31-22(33)16-37-24-27-11-12-28-24/h2-12,14,21,29,32H,13,15-16H2,1H3,(H,27,28)(H,30,34)(H,31,33)(H,35,36). The van der Waals surface area contributed by atoms with Gasteiger partial charge in [-0.2, -0.15) is 0 Å². The summed E-state index contributed by atoms with van der Waals surface area (Å²) < 4.78 is 0. The number of carbonyl (C=O) groups is 3. The van der Waals surface area contributed by atoms with Crippen LogP contribution in [-0.4, -0.2) is 55.8 Å². The monoisotopic (exact) mass is 520 g/mol. The van der Waals surface area contributed by atoms with Crippen molar-refractivity contribution < 1.29 is 19.5 Å². The Morgan fingerprint density at radius 1 is 1.08 bits per heavy atom. The van der Waals surface area contributed by atoms with E-state index < -0.39 is 23.6 Å². The van der Waals surface area contributed by atoms with Crippen LogP contribution < -0.4 is 16.0 Å². The minimum atomic E-state index is -1.45. The van der Waals surface area contributed by atoms with Gasteiger partial charge in [0.05, 0.1) is 11.8 Å². The highest BCUT2D eigenvalue weighted by atomic mass is 32.2. The van der Waals surface area contributed by atoms with E-state index in [-0.39, 0.29) is 24.6 Å². The Kier molecular flexibility index (Phi) is 8.14. The Labute approximate surface area is 217 Å². The molecule has 6 N–H and O–H groups in total. The third kappa shape index (κ3) is 6.70. The number of rotatable bonds is 11. The Hall–Kier alpha value is -4.25. The van der Waals surface area contributed by atoms with E-state index in [2.05, 4.69) is 30.9 Å². The number of amides is 3. The van der Waals surface area contributed by atoms with Gasteiger partial charge >= 0.3 is 6.09 Å². The summed E-state index contributed by atoms with van der Waals surface area (Å²) in [5.74, 6) is -0.584. The number of H-pyrrole nitrogens is 2. The van der Waals surface area contributed by atoms with Gasteiger partial charge in [-0.05, 0) is 24.1 Å². The normalized spacial score (nSPS) is 13.4. The molecule has 11 heteroatoms. The second-order valence-corrected chi connectivity index (χ2v) is 9.69. The molecular weight excluding hydrogens is 492 g/mol. The van der Waals surface area contributed by atoms with Gasteiger partial charge in [-0.3, -0.25) is 9.59 Å². The molecule has 0 radical (unpaired) electrons. The lowest BCUT2D eigenvalue weighted by Gasteiger charge is -2.29. The summed E-state index contributed by atoms with van der Waals surface area (Å²) in [4.78, 5) is 47.9. The molecule has 0 saturated carbocycles. The maximum Gasteiger partial charge on any atom is 0.405 e. The fraction of sp³-hybridized carbons (Fsp3) is 0.231. The molecule has 2 aromatic carbocycles. The quantitative estimate of drug-likeness (QED) is 0.167. The number of benzene rings is 2. The second kappa shape index (κ2) is 11.7. The summed E-state index contributed by atoms with van der Waals surface area (Å²) in [6, 6.07) is 16.4.